The van der Waals surface area contributed by atoms with Gasteiger partial charge in [0, 0.05) is 0 Å². The molecule has 1 fully saturated rings. The number of halogens is 3. The maximum Gasteiger partial charge on any atom is 4.00 e. The van der Waals surface area contributed by atoms with Crippen molar-refractivity contribution in [3.63, 3.8) is 0 Å². The third-order valence-corrected chi connectivity index (χ3v) is 2.77. The van der Waals surface area contributed by atoms with Gasteiger partial charge in [-0.1, -0.05) is 38.0 Å². The average molecular weight is 301 g/mol. The zero-order chi connectivity index (χ0) is 7.52. The van der Waals surface area contributed by atoms with Crippen molar-refractivity contribution >= 4 is 0 Å². The van der Waals surface area contributed by atoms with Crippen LogP contribution in [0.1, 0.15) is 43.6 Å². The monoisotopic (exact) mass is 300 g/mol. The summed E-state index contributed by atoms with van der Waals surface area (Å²) < 4.78 is 0. The Morgan fingerprint density at radius 3 is 1.73 bits per heavy atom. The van der Waals surface area contributed by atoms with Crippen LogP contribution in [-0.4, -0.2) is 0 Å². The third kappa shape index (κ3) is 6.29. The molecule has 0 saturated heterocycles. The molecule has 2 rings (SSSR count). The van der Waals surface area contributed by atoms with Crippen molar-refractivity contribution in [1.29, 1.82) is 0 Å². The molecule has 1 saturated carbocycles. The van der Waals surface area contributed by atoms with Crippen LogP contribution in [0.5, 0.6) is 0 Å². The fourth-order valence-corrected chi connectivity index (χ4v) is 2.10. The van der Waals surface area contributed by atoms with E-state index in [1.807, 2.05) is 0 Å². The van der Waals surface area contributed by atoms with Crippen molar-refractivity contribution in [1.82, 2.24) is 0 Å². The minimum absolute atomic E-state index is 0. The molecule has 4 heteroatoms. The van der Waals surface area contributed by atoms with Crippen LogP contribution in [0.4, 0.5) is 0 Å². The molecule has 0 spiro atoms. The normalized spacial score (nSPS) is 14.9. The van der Waals surface area contributed by atoms with Crippen molar-refractivity contribution < 1.29 is 58.9 Å². The van der Waals surface area contributed by atoms with Gasteiger partial charge in [-0.15, -0.1) is 0 Å². The van der Waals surface area contributed by atoms with Gasteiger partial charge in [-0.3, -0.25) is 0 Å². The average Bonchev–Trinajstić information content (AvgIpc) is 2.58. The van der Waals surface area contributed by atoms with Crippen LogP contribution in [0.2, 0.25) is 0 Å². The van der Waals surface area contributed by atoms with E-state index in [1.165, 1.54) is 32.1 Å². The molecule has 0 N–H and O–H groups in total. The number of hydrogen-bond acceptors (Lipinski definition) is 0. The first-order valence-electron chi connectivity index (χ1n) is 4.68. The molecule has 0 atom stereocenters. The fourth-order valence-electron chi connectivity index (χ4n) is 2.10. The first kappa shape index (κ1) is 21.2. The molecule has 0 unspecified atom stereocenters. The van der Waals surface area contributed by atoms with Crippen LogP contribution in [-0.2, 0) is 21.7 Å². The molecular formula is C11H15Cl3Ti. The van der Waals surface area contributed by atoms with Crippen molar-refractivity contribution in [2.45, 2.75) is 38.0 Å². The first-order valence-corrected chi connectivity index (χ1v) is 4.68. The van der Waals surface area contributed by atoms with E-state index in [0.29, 0.717) is 0 Å². The second kappa shape index (κ2) is 11.4. The topological polar surface area (TPSA) is 0 Å². The van der Waals surface area contributed by atoms with Gasteiger partial charge in [0.2, 0.25) is 0 Å². The van der Waals surface area contributed by atoms with Crippen molar-refractivity contribution in [3.05, 3.63) is 29.8 Å². The van der Waals surface area contributed by atoms with E-state index in [1.54, 1.807) is 5.56 Å². The largest absolute Gasteiger partial charge is 4.00 e. The van der Waals surface area contributed by atoms with E-state index in [0.717, 1.165) is 5.92 Å². The van der Waals surface area contributed by atoms with Gasteiger partial charge in [0.05, 0.1) is 0 Å². The molecule has 1 aliphatic carbocycles. The van der Waals surface area contributed by atoms with Gasteiger partial charge in [0.15, 0.2) is 0 Å². The Morgan fingerprint density at radius 2 is 1.27 bits per heavy atom. The standard InChI is InChI=1S/C11H15.3ClH.Ti/c1-2-6-10(7-3-1)11-8-4-5-9-11;;;;/h4-5,8-10H,1-3,6-7H2;3*1H;/q-1;;;;+4/p-3. The Kier molecular flexibility index (Phi) is 16.2. The van der Waals surface area contributed by atoms with Crippen molar-refractivity contribution in [2.75, 3.05) is 0 Å². The van der Waals surface area contributed by atoms with Gasteiger partial charge in [-0.05, 0) is 0 Å². The van der Waals surface area contributed by atoms with E-state index >= 15 is 0 Å². The summed E-state index contributed by atoms with van der Waals surface area (Å²) >= 11 is 0. The zero-order valence-electron chi connectivity index (χ0n) is 8.56. The van der Waals surface area contributed by atoms with Crippen LogP contribution in [0.15, 0.2) is 24.3 Å². The second-order valence-electron chi connectivity index (χ2n) is 3.55. The second-order valence-corrected chi connectivity index (χ2v) is 3.55. The number of rotatable bonds is 1. The molecule has 0 aromatic heterocycles. The van der Waals surface area contributed by atoms with Crippen LogP contribution < -0.4 is 37.2 Å². The first-order chi connectivity index (χ1) is 5.47. The Balaban J connectivity index is -0.000000360. The van der Waals surface area contributed by atoms with Gasteiger partial charge in [-0.2, -0.15) is 17.7 Å². The molecule has 1 aliphatic rings. The summed E-state index contributed by atoms with van der Waals surface area (Å²) in [7, 11) is 0. The minimum atomic E-state index is 0. The van der Waals surface area contributed by atoms with E-state index in [4.69, 9.17) is 0 Å². The van der Waals surface area contributed by atoms with Crippen LogP contribution in [0.3, 0.4) is 0 Å². The van der Waals surface area contributed by atoms with E-state index in [9.17, 15) is 0 Å². The summed E-state index contributed by atoms with van der Waals surface area (Å²) in [6.45, 7) is 0. The van der Waals surface area contributed by atoms with Crippen molar-refractivity contribution in [2.24, 2.45) is 0 Å². The smallest absolute Gasteiger partial charge is 1.00 e. The zero-order valence-corrected chi connectivity index (χ0v) is 12.4. The van der Waals surface area contributed by atoms with E-state index in [2.05, 4.69) is 24.3 Å². The van der Waals surface area contributed by atoms with Gasteiger partial charge in [0.1, 0.15) is 0 Å². The fraction of sp³-hybridized carbons (Fsp3) is 0.545. The summed E-state index contributed by atoms with van der Waals surface area (Å²) in [5.41, 5.74) is 1.57. The van der Waals surface area contributed by atoms with Gasteiger partial charge in [0.25, 0.3) is 0 Å². The molecule has 0 heterocycles. The number of hydrogen-bond donors (Lipinski definition) is 0. The summed E-state index contributed by atoms with van der Waals surface area (Å²) in [6.07, 6.45) is 7.18. The summed E-state index contributed by atoms with van der Waals surface area (Å²) in [6, 6.07) is 8.86. The molecular weight excluding hydrogens is 286 g/mol. The van der Waals surface area contributed by atoms with Crippen LogP contribution >= 0.6 is 0 Å². The Labute approximate surface area is 126 Å². The van der Waals surface area contributed by atoms with Gasteiger partial charge < -0.3 is 37.2 Å². The predicted molar refractivity (Wildman–Crippen MR) is 47.9 cm³/mol. The maximum atomic E-state index is 2.27. The Morgan fingerprint density at radius 1 is 0.800 bits per heavy atom. The third-order valence-electron chi connectivity index (χ3n) is 2.77. The van der Waals surface area contributed by atoms with Gasteiger partial charge in [-0.25, -0.2) is 12.1 Å². The minimum Gasteiger partial charge on any atom is -1.00 e. The summed E-state index contributed by atoms with van der Waals surface area (Å²) in [5, 5.41) is 0. The molecule has 0 radical (unpaired) electrons. The molecule has 0 amide bonds. The van der Waals surface area contributed by atoms with Crippen LogP contribution in [0.25, 0.3) is 0 Å². The SMILES string of the molecule is [Cl-].[Cl-].[Cl-].[Ti+4].c1cc[c-](C2CCCCC2)c1. The molecule has 15 heavy (non-hydrogen) atoms. The molecule has 84 valence electrons. The summed E-state index contributed by atoms with van der Waals surface area (Å²) in [5.74, 6) is 0.888. The molecule has 1 aromatic rings. The molecule has 1 aromatic carbocycles. The summed E-state index contributed by atoms with van der Waals surface area (Å²) in [4.78, 5) is 0. The Bertz CT molecular complexity index is 206. The van der Waals surface area contributed by atoms with E-state index < -0.39 is 0 Å². The van der Waals surface area contributed by atoms with Crippen LogP contribution in [0, 0.1) is 0 Å². The predicted octanol–water partition coefficient (Wildman–Crippen LogP) is -5.54. The molecule has 0 bridgehead atoms. The Hall–Kier alpha value is 0.934. The van der Waals surface area contributed by atoms with Gasteiger partial charge >= 0.3 is 21.7 Å². The molecule has 0 aliphatic heterocycles. The van der Waals surface area contributed by atoms with E-state index in [-0.39, 0.29) is 58.9 Å². The molecule has 0 nitrogen and oxygen atoms in total. The maximum absolute atomic E-state index is 2.27. The quantitative estimate of drug-likeness (QED) is 0.359. The van der Waals surface area contributed by atoms with Crippen molar-refractivity contribution in [3.8, 4) is 0 Å².